The molecule has 1 rings (SSSR count). The number of anilines is 1. The second-order valence-electron chi connectivity index (χ2n) is 5.28. The third kappa shape index (κ3) is 9.96. The van der Waals surface area contributed by atoms with E-state index in [-0.39, 0.29) is 18.4 Å². The van der Waals surface area contributed by atoms with Crippen LogP contribution in [0.1, 0.15) is 23.2 Å². The van der Waals surface area contributed by atoms with E-state index in [1.807, 2.05) is 6.07 Å². The summed E-state index contributed by atoms with van der Waals surface area (Å²) in [6.45, 7) is 2.55. The summed E-state index contributed by atoms with van der Waals surface area (Å²) in [5, 5.41) is 16.8. The number of carbonyl (C=O) groups is 2. The van der Waals surface area contributed by atoms with Gasteiger partial charge in [0.05, 0.1) is 32.2 Å². The number of amides is 2. The number of ether oxygens (including phenoxy) is 1. The lowest BCUT2D eigenvalue weighted by molar-refractivity contribution is -0.120. The van der Waals surface area contributed by atoms with Crippen molar-refractivity contribution in [2.75, 3.05) is 45.1 Å². The van der Waals surface area contributed by atoms with Crippen LogP contribution in [0.5, 0.6) is 0 Å². The highest BCUT2D eigenvalue weighted by atomic mass is 16.5. The molecule has 0 fully saturated rings. The number of nitrogens with two attached hydrogens (primary N) is 1. The second-order valence-corrected chi connectivity index (χ2v) is 5.28. The molecule has 0 saturated heterocycles. The van der Waals surface area contributed by atoms with Gasteiger partial charge in [0.1, 0.15) is 0 Å². The van der Waals surface area contributed by atoms with Gasteiger partial charge >= 0.3 is 0 Å². The fraction of sp³-hybridized carbons (Fsp3) is 0.471. The molecule has 0 aromatic heterocycles. The Morgan fingerprint density at radius 3 is 2.56 bits per heavy atom. The predicted molar refractivity (Wildman–Crippen MR) is 94.7 cm³/mol. The van der Waals surface area contributed by atoms with Crippen LogP contribution in [0.4, 0.5) is 5.69 Å². The van der Waals surface area contributed by atoms with E-state index in [1.165, 1.54) is 0 Å². The highest BCUT2D eigenvalue weighted by molar-refractivity contribution is 5.94. The molecule has 0 unspecified atom stereocenters. The summed E-state index contributed by atoms with van der Waals surface area (Å²) >= 11 is 0. The number of nitrogens with one attached hydrogen (secondary N) is 3. The Kier molecular flexibility index (Phi) is 10.4. The van der Waals surface area contributed by atoms with Crippen molar-refractivity contribution < 1.29 is 14.3 Å². The zero-order valence-electron chi connectivity index (χ0n) is 14.2. The van der Waals surface area contributed by atoms with Crippen LogP contribution in [-0.4, -0.2) is 51.2 Å². The normalized spacial score (nSPS) is 10.0. The Morgan fingerprint density at radius 1 is 1.08 bits per heavy atom. The standard InChI is InChI=1S/C17H25N5O3/c18-7-1-11-25-12-10-21-16(23)13-20-8-2-9-22-17(24)14-3-5-15(19)6-4-14/h3-6,20H,1-2,8-13,19H2,(H,21,23)(H,22,24). The van der Waals surface area contributed by atoms with E-state index in [0.29, 0.717) is 56.9 Å². The van der Waals surface area contributed by atoms with Gasteiger partial charge in [-0.15, -0.1) is 0 Å². The second kappa shape index (κ2) is 12.8. The number of carbonyl (C=O) groups excluding carboxylic acids is 2. The van der Waals surface area contributed by atoms with Crippen LogP contribution in [0.15, 0.2) is 24.3 Å². The van der Waals surface area contributed by atoms with E-state index in [1.54, 1.807) is 24.3 Å². The van der Waals surface area contributed by atoms with Crippen molar-refractivity contribution >= 4 is 17.5 Å². The maximum atomic E-state index is 11.8. The fourth-order valence-electron chi connectivity index (χ4n) is 1.90. The van der Waals surface area contributed by atoms with Crippen molar-refractivity contribution in [3.05, 3.63) is 29.8 Å². The van der Waals surface area contributed by atoms with Gasteiger partial charge in [-0.25, -0.2) is 0 Å². The van der Waals surface area contributed by atoms with Gasteiger partial charge in [0.2, 0.25) is 5.91 Å². The van der Waals surface area contributed by atoms with Crippen LogP contribution in [0.3, 0.4) is 0 Å². The van der Waals surface area contributed by atoms with Crippen LogP contribution in [0.2, 0.25) is 0 Å². The molecule has 0 radical (unpaired) electrons. The molecule has 8 nitrogen and oxygen atoms in total. The van der Waals surface area contributed by atoms with Crippen LogP contribution in [0.25, 0.3) is 0 Å². The molecule has 0 spiro atoms. The predicted octanol–water partition coefficient (Wildman–Crippen LogP) is 0.0248. The van der Waals surface area contributed by atoms with E-state index in [2.05, 4.69) is 16.0 Å². The maximum absolute atomic E-state index is 11.8. The highest BCUT2D eigenvalue weighted by Crippen LogP contribution is 2.04. The summed E-state index contributed by atoms with van der Waals surface area (Å²) in [5.41, 5.74) is 6.76. The minimum absolute atomic E-state index is 0.116. The lowest BCUT2D eigenvalue weighted by atomic mass is 10.2. The van der Waals surface area contributed by atoms with Crippen LogP contribution in [-0.2, 0) is 9.53 Å². The zero-order chi connectivity index (χ0) is 18.3. The minimum atomic E-state index is -0.144. The van der Waals surface area contributed by atoms with Crippen molar-refractivity contribution in [3.8, 4) is 6.07 Å². The third-order valence-corrected chi connectivity index (χ3v) is 3.20. The zero-order valence-corrected chi connectivity index (χ0v) is 14.2. The summed E-state index contributed by atoms with van der Waals surface area (Å²) < 4.78 is 5.14. The van der Waals surface area contributed by atoms with Gasteiger partial charge in [-0.2, -0.15) is 5.26 Å². The van der Waals surface area contributed by atoms with E-state index < -0.39 is 0 Å². The molecule has 2 amide bonds. The molecule has 25 heavy (non-hydrogen) atoms. The minimum Gasteiger partial charge on any atom is -0.399 e. The number of nitrogen functional groups attached to an aromatic ring is 1. The molecule has 136 valence electrons. The van der Waals surface area contributed by atoms with Gasteiger partial charge in [-0.1, -0.05) is 0 Å². The molecule has 0 aliphatic carbocycles. The average Bonchev–Trinajstić information content (AvgIpc) is 2.61. The number of hydrogen-bond acceptors (Lipinski definition) is 6. The third-order valence-electron chi connectivity index (χ3n) is 3.20. The van der Waals surface area contributed by atoms with Crippen molar-refractivity contribution in [1.29, 1.82) is 5.26 Å². The highest BCUT2D eigenvalue weighted by Gasteiger charge is 2.04. The Balaban J connectivity index is 1.97. The molecular formula is C17H25N5O3. The number of nitriles is 1. The first kappa shape index (κ1) is 20.4. The lowest BCUT2D eigenvalue weighted by Crippen LogP contribution is -2.36. The molecule has 0 bridgehead atoms. The molecule has 0 aliphatic heterocycles. The van der Waals surface area contributed by atoms with E-state index in [9.17, 15) is 9.59 Å². The van der Waals surface area contributed by atoms with Gasteiger partial charge in [0.15, 0.2) is 0 Å². The molecule has 0 aliphatic rings. The van der Waals surface area contributed by atoms with Crippen molar-refractivity contribution in [1.82, 2.24) is 16.0 Å². The molecule has 8 heteroatoms. The fourth-order valence-corrected chi connectivity index (χ4v) is 1.90. The number of benzene rings is 1. The van der Waals surface area contributed by atoms with Gasteiger partial charge in [-0.05, 0) is 37.2 Å². The largest absolute Gasteiger partial charge is 0.399 e. The molecule has 1 aromatic carbocycles. The van der Waals surface area contributed by atoms with Gasteiger partial charge in [0, 0.05) is 24.3 Å². The molecule has 0 atom stereocenters. The number of nitrogens with zero attached hydrogens (tertiary/aromatic N) is 1. The Labute approximate surface area is 147 Å². The topological polar surface area (TPSA) is 129 Å². The van der Waals surface area contributed by atoms with Crippen LogP contribution in [0, 0.1) is 11.3 Å². The van der Waals surface area contributed by atoms with Gasteiger partial charge in [-0.3, -0.25) is 9.59 Å². The summed E-state index contributed by atoms with van der Waals surface area (Å²) in [6.07, 6.45) is 1.07. The van der Waals surface area contributed by atoms with E-state index in [4.69, 9.17) is 15.7 Å². The number of hydrogen-bond donors (Lipinski definition) is 4. The molecular weight excluding hydrogens is 322 g/mol. The van der Waals surface area contributed by atoms with Crippen molar-refractivity contribution in [3.63, 3.8) is 0 Å². The Hall–Kier alpha value is -2.63. The summed E-state index contributed by atoms with van der Waals surface area (Å²) in [7, 11) is 0. The molecule has 1 aromatic rings. The SMILES string of the molecule is N#CCCOCCNC(=O)CNCCCNC(=O)c1ccc(N)cc1. The molecule has 0 heterocycles. The maximum Gasteiger partial charge on any atom is 0.251 e. The van der Waals surface area contributed by atoms with E-state index >= 15 is 0 Å². The number of rotatable bonds is 12. The van der Waals surface area contributed by atoms with Crippen molar-refractivity contribution in [2.24, 2.45) is 0 Å². The quantitative estimate of drug-likeness (QED) is 0.312. The van der Waals surface area contributed by atoms with Crippen molar-refractivity contribution in [2.45, 2.75) is 12.8 Å². The summed E-state index contributed by atoms with van der Waals surface area (Å²) in [5.74, 6) is -0.260. The smallest absolute Gasteiger partial charge is 0.251 e. The first-order valence-corrected chi connectivity index (χ1v) is 8.19. The Morgan fingerprint density at radius 2 is 1.84 bits per heavy atom. The first-order valence-electron chi connectivity index (χ1n) is 8.19. The summed E-state index contributed by atoms with van der Waals surface area (Å²) in [4.78, 5) is 23.4. The van der Waals surface area contributed by atoms with Gasteiger partial charge < -0.3 is 26.4 Å². The monoisotopic (exact) mass is 347 g/mol. The molecule has 5 N–H and O–H groups in total. The Bertz CT molecular complexity index is 569. The van der Waals surface area contributed by atoms with Crippen LogP contribution < -0.4 is 21.7 Å². The van der Waals surface area contributed by atoms with E-state index in [0.717, 1.165) is 0 Å². The average molecular weight is 347 g/mol. The lowest BCUT2D eigenvalue weighted by Gasteiger charge is -2.08. The first-order chi connectivity index (χ1) is 12.1. The molecule has 0 saturated carbocycles. The van der Waals surface area contributed by atoms with Crippen LogP contribution >= 0.6 is 0 Å². The summed E-state index contributed by atoms with van der Waals surface area (Å²) in [6, 6.07) is 8.70. The van der Waals surface area contributed by atoms with Gasteiger partial charge in [0.25, 0.3) is 5.91 Å².